The van der Waals surface area contributed by atoms with Crippen LogP contribution in [0.5, 0.6) is 0 Å². The second-order valence-electron chi connectivity index (χ2n) is 4.77. The molecule has 1 atom stereocenters. The van der Waals surface area contributed by atoms with Crippen molar-refractivity contribution in [2.45, 2.75) is 32.9 Å². The molecule has 0 saturated carbocycles. The minimum atomic E-state index is 0.472. The molecule has 0 saturated heterocycles. The van der Waals surface area contributed by atoms with Crippen molar-refractivity contribution in [2.24, 2.45) is 0 Å². The van der Waals surface area contributed by atoms with Gasteiger partial charge in [0.25, 0.3) is 0 Å². The molecule has 2 aromatic rings. The van der Waals surface area contributed by atoms with Crippen LogP contribution in [0, 0.1) is 6.92 Å². The van der Waals surface area contributed by atoms with Crippen LogP contribution in [0.3, 0.4) is 0 Å². The number of nitrogens with one attached hydrogen (secondary N) is 1. The highest BCUT2D eigenvalue weighted by Gasteiger charge is 2.04. The van der Waals surface area contributed by atoms with Crippen LogP contribution in [0.15, 0.2) is 48.8 Å². The molecule has 0 radical (unpaired) electrons. The summed E-state index contributed by atoms with van der Waals surface area (Å²) >= 11 is 0. The predicted octanol–water partition coefficient (Wildman–Crippen LogP) is 3.11. The van der Waals surface area contributed by atoms with E-state index in [1.165, 1.54) is 16.7 Å². The second kappa shape index (κ2) is 6.31. The lowest BCUT2D eigenvalue weighted by atomic mass is 10.1. The average Bonchev–Trinajstić information content (AvgIpc) is 2.39. The molecule has 18 heavy (non-hydrogen) atoms. The smallest absolute Gasteiger partial charge is 0.0300 e. The highest BCUT2D eigenvalue weighted by molar-refractivity contribution is 5.21. The van der Waals surface area contributed by atoms with E-state index in [-0.39, 0.29) is 0 Å². The molecule has 0 amide bonds. The molecule has 1 aromatic heterocycles. The van der Waals surface area contributed by atoms with Gasteiger partial charge in [0, 0.05) is 25.0 Å². The first-order chi connectivity index (χ1) is 8.75. The Balaban J connectivity index is 1.86. The quantitative estimate of drug-likeness (QED) is 0.868. The Hall–Kier alpha value is -1.67. The molecule has 0 aliphatic rings. The van der Waals surface area contributed by atoms with Gasteiger partial charge < -0.3 is 5.32 Å². The minimum absolute atomic E-state index is 0.472. The van der Waals surface area contributed by atoms with Crippen molar-refractivity contribution in [1.29, 1.82) is 0 Å². The molecule has 2 heteroatoms. The molecule has 1 N–H and O–H groups in total. The van der Waals surface area contributed by atoms with Crippen LogP contribution >= 0.6 is 0 Å². The average molecular weight is 240 g/mol. The number of rotatable bonds is 5. The molecule has 2 rings (SSSR count). The summed E-state index contributed by atoms with van der Waals surface area (Å²) in [5.41, 5.74) is 3.95. The molecule has 1 unspecified atom stereocenters. The van der Waals surface area contributed by atoms with Gasteiger partial charge in [0.15, 0.2) is 0 Å². The summed E-state index contributed by atoms with van der Waals surface area (Å²) in [5.74, 6) is 0. The van der Waals surface area contributed by atoms with Gasteiger partial charge >= 0.3 is 0 Å². The van der Waals surface area contributed by atoms with Crippen molar-refractivity contribution in [3.8, 4) is 0 Å². The van der Waals surface area contributed by atoms with Gasteiger partial charge in [0.05, 0.1) is 0 Å². The third-order valence-corrected chi connectivity index (χ3v) is 3.16. The van der Waals surface area contributed by atoms with Gasteiger partial charge in [-0.1, -0.05) is 30.3 Å². The van der Waals surface area contributed by atoms with Crippen LogP contribution < -0.4 is 5.32 Å². The van der Waals surface area contributed by atoms with E-state index in [9.17, 15) is 0 Å². The van der Waals surface area contributed by atoms with Crippen molar-refractivity contribution >= 4 is 0 Å². The van der Waals surface area contributed by atoms with Gasteiger partial charge in [0.1, 0.15) is 0 Å². The summed E-state index contributed by atoms with van der Waals surface area (Å²) in [5, 5.41) is 3.56. The first-order valence-electron chi connectivity index (χ1n) is 6.42. The molecular weight excluding hydrogens is 220 g/mol. The topological polar surface area (TPSA) is 24.9 Å². The summed E-state index contributed by atoms with van der Waals surface area (Å²) in [6, 6.07) is 13.1. The Bertz CT molecular complexity index is 479. The van der Waals surface area contributed by atoms with E-state index in [0.717, 1.165) is 13.0 Å². The Morgan fingerprint density at radius 3 is 2.67 bits per heavy atom. The van der Waals surface area contributed by atoms with Gasteiger partial charge in [-0.05, 0) is 43.0 Å². The molecular formula is C16H20N2. The lowest BCUT2D eigenvalue weighted by Gasteiger charge is -2.14. The maximum absolute atomic E-state index is 4.11. The second-order valence-corrected chi connectivity index (χ2v) is 4.77. The highest BCUT2D eigenvalue weighted by Crippen LogP contribution is 2.07. The minimum Gasteiger partial charge on any atom is -0.310 e. The molecule has 0 bridgehead atoms. The summed E-state index contributed by atoms with van der Waals surface area (Å²) in [7, 11) is 0. The molecule has 1 aromatic carbocycles. The van der Waals surface area contributed by atoms with Crippen LogP contribution in [0.25, 0.3) is 0 Å². The zero-order chi connectivity index (χ0) is 12.8. The van der Waals surface area contributed by atoms with Crippen molar-refractivity contribution < 1.29 is 0 Å². The highest BCUT2D eigenvalue weighted by atomic mass is 14.9. The van der Waals surface area contributed by atoms with Crippen LogP contribution in [0.4, 0.5) is 0 Å². The lowest BCUT2D eigenvalue weighted by molar-refractivity contribution is 0.544. The first-order valence-corrected chi connectivity index (χ1v) is 6.42. The van der Waals surface area contributed by atoms with Crippen molar-refractivity contribution in [3.63, 3.8) is 0 Å². The first kappa shape index (κ1) is 12.8. The van der Waals surface area contributed by atoms with E-state index in [0.29, 0.717) is 6.04 Å². The Kier molecular flexibility index (Phi) is 4.48. The number of pyridine rings is 1. The van der Waals surface area contributed by atoms with E-state index < -0.39 is 0 Å². The van der Waals surface area contributed by atoms with Gasteiger partial charge in [-0.2, -0.15) is 0 Å². The van der Waals surface area contributed by atoms with Gasteiger partial charge in [-0.15, -0.1) is 0 Å². The summed E-state index contributed by atoms with van der Waals surface area (Å²) in [6.45, 7) is 5.23. The van der Waals surface area contributed by atoms with Crippen LogP contribution in [0.1, 0.15) is 23.6 Å². The number of hydrogen-bond donors (Lipinski definition) is 1. The predicted molar refractivity (Wildman–Crippen MR) is 75.4 cm³/mol. The van der Waals surface area contributed by atoms with E-state index in [1.54, 1.807) is 0 Å². The molecule has 0 fully saturated rings. The number of aryl methyl sites for hydroxylation is 1. The number of hydrogen-bond acceptors (Lipinski definition) is 2. The largest absolute Gasteiger partial charge is 0.310 e. The molecule has 0 aliphatic carbocycles. The normalized spacial score (nSPS) is 12.3. The fourth-order valence-corrected chi connectivity index (χ4v) is 2.02. The summed E-state index contributed by atoms with van der Waals surface area (Å²) in [6.07, 6.45) is 4.83. The van der Waals surface area contributed by atoms with Crippen molar-refractivity contribution in [2.75, 3.05) is 0 Å². The van der Waals surface area contributed by atoms with E-state index in [2.05, 4.69) is 60.5 Å². The summed E-state index contributed by atoms with van der Waals surface area (Å²) < 4.78 is 0. The molecule has 1 heterocycles. The number of benzene rings is 1. The third-order valence-electron chi connectivity index (χ3n) is 3.16. The Morgan fingerprint density at radius 2 is 1.94 bits per heavy atom. The van der Waals surface area contributed by atoms with Crippen LogP contribution in [0.2, 0.25) is 0 Å². The van der Waals surface area contributed by atoms with Gasteiger partial charge in [-0.25, -0.2) is 0 Å². The molecule has 94 valence electrons. The third kappa shape index (κ3) is 3.67. The lowest BCUT2D eigenvalue weighted by Crippen LogP contribution is -2.27. The molecule has 0 aliphatic heterocycles. The number of nitrogens with zero attached hydrogens (tertiary/aromatic N) is 1. The SMILES string of the molecule is Cc1cnccc1CNC(C)Cc1ccccc1. The maximum Gasteiger partial charge on any atom is 0.0300 e. The van der Waals surface area contributed by atoms with E-state index >= 15 is 0 Å². The number of aromatic nitrogens is 1. The van der Waals surface area contributed by atoms with Crippen molar-refractivity contribution in [1.82, 2.24) is 10.3 Å². The zero-order valence-corrected chi connectivity index (χ0v) is 11.1. The fraction of sp³-hybridized carbons (Fsp3) is 0.312. The van der Waals surface area contributed by atoms with Gasteiger partial charge in [-0.3, -0.25) is 4.98 Å². The standard InChI is InChI=1S/C16H20N2/c1-13-11-17-9-8-16(13)12-18-14(2)10-15-6-4-3-5-7-15/h3-9,11,14,18H,10,12H2,1-2H3. The molecule has 0 spiro atoms. The van der Waals surface area contributed by atoms with E-state index in [1.807, 2.05) is 12.4 Å². The maximum atomic E-state index is 4.11. The van der Waals surface area contributed by atoms with Crippen molar-refractivity contribution in [3.05, 3.63) is 65.5 Å². The summed E-state index contributed by atoms with van der Waals surface area (Å²) in [4.78, 5) is 4.11. The fourth-order valence-electron chi connectivity index (χ4n) is 2.02. The van der Waals surface area contributed by atoms with Gasteiger partial charge in [0.2, 0.25) is 0 Å². The zero-order valence-electron chi connectivity index (χ0n) is 11.1. The van der Waals surface area contributed by atoms with Crippen LogP contribution in [-0.4, -0.2) is 11.0 Å². The monoisotopic (exact) mass is 240 g/mol. The Morgan fingerprint density at radius 1 is 1.17 bits per heavy atom. The molecule has 2 nitrogen and oxygen atoms in total. The van der Waals surface area contributed by atoms with E-state index in [4.69, 9.17) is 0 Å². The van der Waals surface area contributed by atoms with Crippen LogP contribution in [-0.2, 0) is 13.0 Å². The Labute approximate surface area is 109 Å².